The Balaban J connectivity index is 1.92. The lowest BCUT2D eigenvalue weighted by molar-refractivity contribution is 0.574. The molecule has 2 aromatic rings. The van der Waals surface area contributed by atoms with E-state index in [0.717, 1.165) is 6.54 Å². The number of benzene rings is 2. The van der Waals surface area contributed by atoms with Crippen LogP contribution >= 0.6 is 0 Å². The molecular weight excluding hydrogens is 242 g/mol. The number of hydrogen-bond donors (Lipinski definition) is 1. The van der Waals surface area contributed by atoms with E-state index in [-0.39, 0.29) is 0 Å². The summed E-state index contributed by atoms with van der Waals surface area (Å²) in [5.41, 5.74) is 5.40. The summed E-state index contributed by atoms with van der Waals surface area (Å²) >= 11 is 0. The van der Waals surface area contributed by atoms with Gasteiger partial charge in [0.1, 0.15) is 0 Å². The van der Waals surface area contributed by atoms with Gasteiger partial charge in [0.25, 0.3) is 0 Å². The van der Waals surface area contributed by atoms with Crippen LogP contribution in [-0.2, 0) is 6.54 Å². The van der Waals surface area contributed by atoms with E-state index in [9.17, 15) is 0 Å². The summed E-state index contributed by atoms with van der Waals surface area (Å²) in [6, 6.07) is 18.0. The average Bonchev–Trinajstić information content (AvgIpc) is 2.46. The Hall–Kier alpha value is -1.60. The van der Waals surface area contributed by atoms with Gasteiger partial charge in [0.15, 0.2) is 0 Å². The van der Waals surface area contributed by atoms with Crippen molar-refractivity contribution in [3.63, 3.8) is 0 Å². The SMILES string of the molecule is Cc1ccc([C@@H](C)NCc2ccc(C(C)C)cc2)cc1. The maximum Gasteiger partial charge on any atom is 0.0294 e. The Bertz CT molecular complexity index is 523. The van der Waals surface area contributed by atoms with Crippen LogP contribution in [0.2, 0.25) is 0 Å². The summed E-state index contributed by atoms with van der Waals surface area (Å²) in [6.45, 7) is 9.71. The summed E-state index contributed by atoms with van der Waals surface area (Å²) in [4.78, 5) is 0. The second kappa shape index (κ2) is 6.71. The van der Waals surface area contributed by atoms with E-state index in [1.54, 1.807) is 0 Å². The molecule has 0 aromatic heterocycles. The van der Waals surface area contributed by atoms with Crippen molar-refractivity contribution < 1.29 is 0 Å². The maximum absolute atomic E-state index is 3.58. The zero-order valence-electron chi connectivity index (χ0n) is 13.0. The fraction of sp³-hybridized carbons (Fsp3) is 0.368. The van der Waals surface area contributed by atoms with Gasteiger partial charge in [0.2, 0.25) is 0 Å². The van der Waals surface area contributed by atoms with Crippen LogP contribution in [-0.4, -0.2) is 0 Å². The molecule has 0 aliphatic carbocycles. The lowest BCUT2D eigenvalue weighted by Gasteiger charge is -2.15. The predicted octanol–water partition coefficient (Wildman–Crippen LogP) is 4.97. The van der Waals surface area contributed by atoms with E-state index < -0.39 is 0 Å². The minimum atomic E-state index is 0.375. The van der Waals surface area contributed by atoms with Gasteiger partial charge in [0.05, 0.1) is 0 Å². The Kier molecular flexibility index (Phi) is 4.97. The number of nitrogens with one attached hydrogen (secondary N) is 1. The molecule has 0 bridgehead atoms. The smallest absolute Gasteiger partial charge is 0.0294 e. The third kappa shape index (κ3) is 3.94. The average molecular weight is 267 g/mol. The van der Waals surface area contributed by atoms with Crippen LogP contribution < -0.4 is 5.32 Å². The number of rotatable bonds is 5. The zero-order chi connectivity index (χ0) is 14.5. The highest BCUT2D eigenvalue weighted by molar-refractivity contribution is 5.26. The fourth-order valence-electron chi connectivity index (χ4n) is 2.26. The van der Waals surface area contributed by atoms with Gasteiger partial charge in [0, 0.05) is 12.6 Å². The monoisotopic (exact) mass is 267 g/mol. The van der Waals surface area contributed by atoms with Crippen molar-refractivity contribution >= 4 is 0 Å². The van der Waals surface area contributed by atoms with Crippen LogP contribution in [0.25, 0.3) is 0 Å². The largest absolute Gasteiger partial charge is 0.306 e. The molecule has 0 saturated heterocycles. The van der Waals surface area contributed by atoms with Crippen LogP contribution in [0.5, 0.6) is 0 Å². The van der Waals surface area contributed by atoms with Gasteiger partial charge in [-0.2, -0.15) is 0 Å². The highest BCUT2D eigenvalue weighted by atomic mass is 14.9. The van der Waals surface area contributed by atoms with Gasteiger partial charge in [-0.15, -0.1) is 0 Å². The molecule has 0 fully saturated rings. The lowest BCUT2D eigenvalue weighted by atomic mass is 10.0. The first-order valence-electron chi connectivity index (χ1n) is 7.45. The first kappa shape index (κ1) is 14.8. The third-order valence-corrected chi connectivity index (χ3v) is 3.84. The topological polar surface area (TPSA) is 12.0 Å². The molecule has 20 heavy (non-hydrogen) atoms. The van der Waals surface area contributed by atoms with E-state index in [1.165, 1.54) is 22.3 Å². The minimum absolute atomic E-state index is 0.375. The molecule has 1 nitrogen and oxygen atoms in total. The summed E-state index contributed by atoms with van der Waals surface area (Å²) < 4.78 is 0. The van der Waals surface area contributed by atoms with Crippen LogP contribution in [0, 0.1) is 6.92 Å². The first-order valence-corrected chi connectivity index (χ1v) is 7.45. The fourth-order valence-corrected chi connectivity index (χ4v) is 2.26. The molecule has 106 valence electrons. The minimum Gasteiger partial charge on any atom is -0.306 e. The van der Waals surface area contributed by atoms with Crippen molar-refractivity contribution in [2.24, 2.45) is 0 Å². The summed E-state index contributed by atoms with van der Waals surface area (Å²) in [6.07, 6.45) is 0. The van der Waals surface area contributed by atoms with Gasteiger partial charge < -0.3 is 5.32 Å². The molecular formula is C19H25N. The molecule has 1 heteroatoms. The molecule has 0 heterocycles. The van der Waals surface area contributed by atoms with Crippen LogP contribution in [0.15, 0.2) is 48.5 Å². The highest BCUT2D eigenvalue weighted by Gasteiger charge is 2.05. The lowest BCUT2D eigenvalue weighted by Crippen LogP contribution is -2.18. The van der Waals surface area contributed by atoms with Crippen molar-refractivity contribution in [3.8, 4) is 0 Å². The van der Waals surface area contributed by atoms with Crippen LogP contribution in [0.4, 0.5) is 0 Å². The number of hydrogen-bond acceptors (Lipinski definition) is 1. The molecule has 0 saturated carbocycles. The quantitative estimate of drug-likeness (QED) is 0.806. The Labute approximate surface area is 123 Å². The Morgan fingerprint density at radius 1 is 0.800 bits per heavy atom. The Morgan fingerprint density at radius 3 is 1.90 bits per heavy atom. The molecule has 2 rings (SSSR count). The molecule has 0 spiro atoms. The van der Waals surface area contributed by atoms with Gasteiger partial charge in [-0.3, -0.25) is 0 Å². The van der Waals surface area contributed by atoms with Crippen LogP contribution in [0.1, 0.15) is 55.0 Å². The second-order valence-electron chi connectivity index (χ2n) is 5.91. The van der Waals surface area contributed by atoms with E-state index >= 15 is 0 Å². The molecule has 1 N–H and O–H groups in total. The van der Waals surface area contributed by atoms with Gasteiger partial charge >= 0.3 is 0 Å². The highest BCUT2D eigenvalue weighted by Crippen LogP contribution is 2.16. The van der Waals surface area contributed by atoms with E-state index in [1.807, 2.05) is 0 Å². The third-order valence-electron chi connectivity index (χ3n) is 3.84. The normalized spacial score (nSPS) is 12.7. The molecule has 1 atom stereocenters. The van der Waals surface area contributed by atoms with Crippen molar-refractivity contribution in [1.82, 2.24) is 5.32 Å². The predicted molar refractivity (Wildman–Crippen MR) is 87.0 cm³/mol. The van der Waals surface area contributed by atoms with Crippen molar-refractivity contribution in [1.29, 1.82) is 0 Å². The molecule has 2 aromatic carbocycles. The zero-order valence-corrected chi connectivity index (χ0v) is 13.0. The second-order valence-corrected chi connectivity index (χ2v) is 5.91. The standard InChI is InChI=1S/C19H25N/c1-14(2)18-11-7-17(8-12-18)13-20-16(4)19-9-5-15(3)6-10-19/h5-12,14,16,20H,13H2,1-4H3/t16-/m1/s1. The molecule has 0 radical (unpaired) electrons. The van der Waals surface area contributed by atoms with Gasteiger partial charge in [-0.25, -0.2) is 0 Å². The van der Waals surface area contributed by atoms with Crippen molar-refractivity contribution in [3.05, 3.63) is 70.8 Å². The maximum atomic E-state index is 3.58. The van der Waals surface area contributed by atoms with E-state index in [0.29, 0.717) is 12.0 Å². The summed E-state index contributed by atoms with van der Waals surface area (Å²) in [7, 11) is 0. The van der Waals surface area contributed by atoms with Crippen molar-refractivity contribution in [2.75, 3.05) is 0 Å². The number of aryl methyl sites for hydroxylation is 1. The first-order chi connectivity index (χ1) is 9.56. The summed E-state index contributed by atoms with van der Waals surface area (Å²) in [5.74, 6) is 0.600. The molecule has 0 unspecified atom stereocenters. The van der Waals surface area contributed by atoms with Crippen molar-refractivity contribution in [2.45, 2.75) is 46.2 Å². The molecule has 0 aliphatic heterocycles. The van der Waals surface area contributed by atoms with E-state index in [4.69, 9.17) is 0 Å². The van der Waals surface area contributed by atoms with Crippen LogP contribution in [0.3, 0.4) is 0 Å². The van der Waals surface area contributed by atoms with Gasteiger partial charge in [-0.1, -0.05) is 67.9 Å². The molecule has 0 aliphatic rings. The molecule has 0 amide bonds. The van der Waals surface area contributed by atoms with Gasteiger partial charge in [-0.05, 0) is 36.5 Å². The Morgan fingerprint density at radius 2 is 1.35 bits per heavy atom. The summed E-state index contributed by atoms with van der Waals surface area (Å²) in [5, 5.41) is 3.58. The van der Waals surface area contributed by atoms with E-state index in [2.05, 4.69) is 81.5 Å².